The monoisotopic (exact) mass is 528 g/mol. The van der Waals surface area contributed by atoms with Crippen molar-refractivity contribution in [2.24, 2.45) is 10.8 Å². The lowest BCUT2D eigenvalue weighted by molar-refractivity contribution is -0.170. The van der Waals surface area contributed by atoms with E-state index in [2.05, 4.69) is 5.32 Å². The van der Waals surface area contributed by atoms with Crippen LogP contribution in [0.2, 0.25) is 5.02 Å². The summed E-state index contributed by atoms with van der Waals surface area (Å²) < 4.78 is 5.83. The maximum absolute atomic E-state index is 12.9. The van der Waals surface area contributed by atoms with Gasteiger partial charge in [-0.3, -0.25) is 24.1 Å². The summed E-state index contributed by atoms with van der Waals surface area (Å²) in [4.78, 5) is 51.7. The molecule has 10 heteroatoms. The quantitative estimate of drug-likeness (QED) is 0.333. The highest BCUT2D eigenvalue weighted by molar-refractivity contribution is 6.31. The van der Waals surface area contributed by atoms with Crippen molar-refractivity contribution in [3.8, 4) is 0 Å². The smallest absolute Gasteiger partial charge is 0.311 e. The topological polar surface area (TPSA) is 133 Å². The zero-order valence-corrected chi connectivity index (χ0v) is 21.3. The van der Waals surface area contributed by atoms with Gasteiger partial charge in [0.25, 0.3) is 11.8 Å². The lowest BCUT2D eigenvalue weighted by Crippen LogP contribution is -2.67. The van der Waals surface area contributed by atoms with Crippen molar-refractivity contribution in [2.45, 2.75) is 32.2 Å². The fourth-order valence-electron chi connectivity index (χ4n) is 5.80. The van der Waals surface area contributed by atoms with Gasteiger partial charge in [0, 0.05) is 23.5 Å². The highest BCUT2D eigenvalue weighted by atomic mass is 35.5. The van der Waals surface area contributed by atoms with E-state index in [0.717, 1.165) is 4.90 Å². The second kappa shape index (κ2) is 10.2. The number of imide groups is 1. The summed E-state index contributed by atoms with van der Waals surface area (Å²) in [6.07, 6.45) is 0.112. The van der Waals surface area contributed by atoms with Gasteiger partial charge in [-0.2, -0.15) is 0 Å². The van der Waals surface area contributed by atoms with Crippen LogP contribution in [-0.4, -0.2) is 71.2 Å². The first-order chi connectivity index (χ1) is 17.6. The van der Waals surface area contributed by atoms with Gasteiger partial charge in [-0.1, -0.05) is 48.9 Å². The number of nitrogens with one attached hydrogen (secondary N) is 1. The minimum absolute atomic E-state index is 0.000311. The second-order valence-corrected chi connectivity index (χ2v) is 10.1. The van der Waals surface area contributed by atoms with Gasteiger partial charge in [-0.15, -0.1) is 0 Å². The number of carboxylic acids is 2. The number of piperidine rings is 1. The van der Waals surface area contributed by atoms with Crippen molar-refractivity contribution in [2.75, 3.05) is 26.3 Å². The van der Waals surface area contributed by atoms with E-state index in [-0.39, 0.29) is 32.7 Å². The minimum atomic E-state index is -1.56. The van der Waals surface area contributed by atoms with Crippen LogP contribution >= 0.6 is 11.6 Å². The number of benzene rings is 2. The van der Waals surface area contributed by atoms with Gasteiger partial charge < -0.3 is 20.3 Å². The number of hydrogen-bond acceptors (Lipinski definition) is 6. The fourth-order valence-corrected chi connectivity index (χ4v) is 6.04. The van der Waals surface area contributed by atoms with Crippen molar-refractivity contribution < 1.29 is 34.1 Å². The summed E-state index contributed by atoms with van der Waals surface area (Å²) in [5.41, 5.74) is -1.89. The minimum Gasteiger partial charge on any atom is -0.481 e. The number of nitrogens with zero attached hydrogens (tertiary/aromatic N) is 1. The Kier molecular flexibility index (Phi) is 7.41. The Morgan fingerprint density at radius 3 is 2.19 bits per heavy atom. The van der Waals surface area contributed by atoms with Gasteiger partial charge in [-0.25, -0.2) is 0 Å². The van der Waals surface area contributed by atoms with Crippen LogP contribution in [0.25, 0.3) is 0 Å². The van der Waals surface area contributed by atoms with Crippen molar-refractivity contribution >= 4 is 35.4 Å². The summed E-state index contributed by atoms with van der Waals surface area (Å²) in [6.45, 7) is 3.17. The van der Waals surface area contributed by atoms with E-state index in [1.165, 1.54) is 6.92 Å². The van der Waals surface area contributed by atoms with Crippen LogP contribution in [0, 0.1) is 10.8 Å². The van der Waals surface area contributed by atoms with Crippen LogP contribution in [0.15, 0.2) is 48.5 Å². The van der Waals surface area contributed by atoms with E-state index in [9.17, 15) is 29.4 Å². The van der Waals surface area contributed by atoms with E-state index in [1.807, 2.05) is 0 Å². The average Bonchev–Trinajstić information content (AvgIpc) is 3.12. The maximum Gasteiger partial charge on any atom is 0.311 e. The molecule has 0 unspecified atom stereocenters. The number of carbonyl (C=O) groups excluding carboxylic acids is 2. The lowest BCUT2D eigenvalue weighted by Gasteiger charge is -2.53. The number of amides is 2. The fraction of sp³-hybridized carbons (Fsp3) is 0.407. The molecule has 2 aliphatic rings. The molecule has 37 heavy (non-hydrogen) atoms. The van der Waals surface area contributed by atoms with Crippen molar-refractivity contribution in [3.05, 3.63) is 70.2 Å². The zero-order chi connectivity index (χ0) is 27.0. The third-order valence-corrected chi connectivity index (χ3v) is 8.14. The first-order valence-electron chi connectivity index (χ1n) is 12.1. The molecule has 0 radical (unpaired) electrons. The summed E-state index contributed by atoms with van der Waals surface area (Å²) in [7, 11) is 0. The normalized spacial score (nSPS) is 27.3. The van der Waals surface area contributed by atoms with Crippen LogP contribution < -0.4 is 5.32 Å². The number of aliphatic carboxylic acids is 2. The number of carboxylic acid groups (broad SMARTS) is 2. The van der Waals surface area contributed by atoms with Gasteiger partial charge in [0.1, 0.15) is 0 Å². The predicted octanol–water partition coefficient (Wildman–Crippen LogP) is 3.28. The summed E-state index contributed by atoms with van der Waals surface area (Å²) >= 11 is 6.48. The Hall–Kier alpha value is -3.27. The molecular weight excluding hydrogens is 500 g/mol. The molecule has 196 valence electrons. The number of ether oxygens (including phenoxy) is 1. The van der Waals surface area contributed by atoms with Crippen LogP contribution in [0.3, 0.4) is 0 Å². The van der Waals surface area contributed by atoms with Crippen LogP contribution in [-0.2, 0) is 14.3 Å². The molecular formula is C27H29ClN2O7. The van der Waals surface area contributed by atoms with Crippen molar-refractivity contribution in [1.82, 2.24) is 10.2 Å². The molecule has 4 atom stereocenters. The van der Waals surface area contributed by atoms with Gasteiger partial charge >= 0.3 is 11.9 Å². The van der Waals surface area contributed by atoms with E-state index < -0.39 is 46.5 Å². The summed E-state index contributed by atoms with van der Waals surface area (Å²) in [5, 5.41) is 24.2. The highest BCUT2D eigenvalue weighted by Crippen LogP contribution is 2.56. The molecule has 2 amide bonds. The van der Waals surface area contributed by atoms with Gasteiger partial charge in [0.2, 0.25) is 0 Å². The Bertz CT molecular complexity index is 1220. The molecule has 2 heterocycles. The number of halogens is 1. The molecule has 3 N–H and O–H groups in total. The van der Waals surface area contributed by atoms with Gasteiger partial charge in [0.15, 0.2) is 0 Å². The molecule has 2 aliphatic heterocycles. The first kappa shape index (κ1) is 26.8. The molecule has 0 saturated carbocycles. The second-order valence-electron chi connectivity index (χ2n) is 9.69. The highest BCUT2D eigenvalue weighted by Gasteiger charge is 2.63. The van der Waals surface area contributed by atoms with Crippen LogP contribution in [0.1, 0.15) is 52.5 Å². The number of fused-ring (bicyclic) bond motifs is 1. The van der Waals surface area contributed by atoms with E-state index >= 15 is 0 Å². The maximum atomic E-state index is 12.9. The zero-order valence-electron chi connectivity index (χ0n) is 20.6. The number of rotatable bonds is 9. The molecule has 9 nitrogen and oxygen atoms in total. The Morgan fingerprint density at radius 1 is 1.05 bits per heavy atom. The Morgan fingerprint density at radius 2 is 1.65 bits per heavy atom. The van der Waals surface area contributed by atoms with E-state index in [0.29, 0.717) is 21.7 Å². The van der Waals surface area contributed by atoms with E-state index in [1.54, 1.807) is 55.5 Å². The molecule has 0 aliphatic carbocycles. The average molecular weight is 529 g/mol. The Labute approximate surface area is 219 Å². The van der Waals surface area contributed by atoms with Crippen molar-refractivity contribution in [1.29, 1.82) is 0 Å². The van der Waals surface area contributed by atoms with E-state index in [4.69, 9.17) is 16.3 Å². The van der Waals surface area contributed by atoms with Gasteiger partial charge in [0.05, 0.1) is 41.7 Å². The predicted molar refractivity (Wildman–Crippen MR) is 135 cm³/mol. The molecule has 1 fully saturated rings. The Balaban J connectivity index is 1.57. The summed E-state index contributed by atoms with van der Waals surface area (Å²) in [5.74, 6) is -4.05. The number of carbonyl (C=O) groups is 4. The first-order valence-corrected chi connectivity index (χ1v) is 12.4. The molecule has 1 saturated heterocycles. The molecule has 0 bridgehead atoms. The van der Waals surface area contributed by atoms with Crippen molar-refractivity contribution in [3.63, 3.8) is 0 Å². The summed E-state index contributed by atoms with van der Waals surface area (Å²) in [6, 6.07) is 12.5. The lowest BCUT2D eigenvalue weighted by atomic mass is 9.53. The molecule has 0 spiro atoms. The standard InChI is InChI=1S/C27H29ClN2O7/c1-3-27(25(35)36)20(14-37-13-12-30-22(31)16-8-4-5-9-17(16)23(30)32)29-15-26(2,24(33)34)21(27)18-10-6-7-11-19(18)28/h4-11,20-21,29H,3,12-15H2,1-2H3,(H,33,34)(H,35,36)/t20-,21+,26-,27-/m1/s1. The van der Waals surface area contributed by atoms with Crippen LogP contribution in [0.5, 0.6) is 0 Å². The largest absolute Gasteiger partial charge is 0.481 e. The molecule has 2 aromatic rings. The molecule has 4 rings (SSSR count). The SMILES string of the molecule is CC[C@]1(C(=O)O)[C@@H](c2ccccc2Cl)[C@](C)(C(=O)O)CN[C@@H]1COCCN1C(=O)c2ccccc2C1=O. The third kappa shape index (κ3) is 4.31. The third-order valence-electron chi connectivity index (χ3n) is 7.80. The number of hydrogen-bond donors (Lipinski definition) is 3. The molecule has 0 aromatic heterocycles. The molecule has 2 aromatic carbocycles. The van der Waals surface area contributed by atoms with Gasteiger partial charge in [-0.05, 0) is 37.1 Å². The van der Waals surface area contributed by atoms with Crippen LogP contribution in [0.4, 0.5) is 0 Å².